The maximum Gasteiger partial charge on any atom is 0.174 e. The van der Waals surface area contributed by atoms with Gasteiger partial charge in [-0.25, -0.2) is 0 Å². The summed E-state index contributed by atoms with van der Waals surface area (Å²) >= 11 is 5.94. The molecule has 5 aromatic rings. The molecule has 0 amide bonds. The molecule has 2 aromatic heterocycles. The number of aryl methyl sites for hydroxylation is 1. The summed E-state index contributed by atoms with van der Waals surface area (Å²) in [6.45, 7) is 4.66. The van der Waals surface area contributed by atoms with E-state index >= 15 is 0 Å². The van der Waals surface area contributed by atoms with Crippen LogP contribution in [0.1, 0.15) is 36.0 Å². The first kappa shape index (κ1) is 25.6. The Hall–Kier alpha value is -4.62. The molecule has 0 unspecified atom stereocenters. The van der Waals surface area contributed by atoms with Crippen LogP contribution in [-0.2, 0) is 0 Å². The van der Waals surface area contributed by atoms with Crippen molar-refractivity contribution in [2.75, 3.05) is 11.5 Å². The fourth-order valence-corrected chi connectivity index (χ4v) is 5.49. The van der Waals surface area contributed by atoms with Gasteiger partial charge in [-0.15, -0.1) is 0 Å². The molecule has 1 fully saturated rings. The number of hydrogen-bond donors (Lipinski definition) is 1. The van der Waals surface area contributed by atoms with E-state index in [9.17, 15) is 0 Å². The number of aromatic nitrogens is 2. The molecule has 6 rings (SSSR count). The first-order valence-electron chi connectivity index (χ1n) is 13.4. The van der Waals surface area contributed by atoms with Gasteiger partial charge in [0.05, 0.1) is 18.3 Å². The average Bonchev–Trinajstić information content (AvgIpc) is 3.60. The summed E-state index contributed by atoms with van der Waals surface area (Å²) in [6, 6.07) is 34.2. The second-order valence-corrected chi connectivity index (χ2v) is 9.97. The van der Waals surface area contributed by atoms with Crippen molar-refractivity contribution >= 4 is 23.0 Å². The van der Waals surface area contributed by atoms with Crippen molar-refractivity contribution in [3.05, 3.63) is 132 Å². The lowest BCUT2D eigenvalue weighted by molar-refractivity contribution is 0.340. The largest absolute Gasteiger partial charge is 0.494 e. The van der Waals surface area contributed by atoms with Crippen LogP contribution in [0.25, 0.3) is 5.69 Å². The molecular weight excluding hydrogens is 516 g/mol. The Bertz CT molecular complexity index is 1600. The first-order valence-corrected chi connectivity index (χ1v) is 13.8. The Morgan fingerprint density at radius 3 is 2.27 bits per heavy atom. The highest BCUT2D eigenvalue weighted by molar-refractivity contribution is 7.80. The quantitative estimate of drug-likeness (QED) is 0.203. The zero-order chi connectivity index (χ0) is 27.5. The van der Waals surface area contributed by atoms with E-state index in [1.807, 2.05) is 86.8 Å². The molecular formula is C33H30N4O2S. The van der Waals surface area contributed by atoms with Crippen LogP contribution in [0.15, 0.2) is 116 Å². The van der Waals surface area contributed by atoms with Crippen molar-refractivity contribution in [3.8, 4) is 22.9 Å². The van der Waals surface area contributed by atoms with Crippen LogP contribution in [-0.4, -0.2) is 21.3 Å². The topological polar surface area (TPSA) is 51.5 Å². The number of hydrogen-bond acceptors (Lipinski definition) is 4. The molecule has 7 heteroatoms. The summed E-state index contributed by atoms with van der Waals surface area (Å²) < 4.78 is 14.0. The van der Waals surface area contributed by atoms with Crippen molar-refractivity contribution in [3.63, 3.8) is 0 Å². The minimum Gasteiger partial charge on any atom is -0.494 e. The number of thiocarbonyl (C=S) groups is 1. The van der Waals surface area contributed by atoms with Gasteiger partial charge in [0.15, 0.2) is 5.11 Å². The maximum absolute atomic E-state index is 6.16. The third-order valence-electron chi connectivity index (χ3n) is 7.04. The van der Waals surface area contributed by atoms with E-state index in [0.717, 1.165) is 45.6 Å². The van der Waals surface area contributed by atoms with Gasteiger partial charge in [-0.05, 0) is 110 Å². The molecule has 3 heterocycles. The zero-order valence-corrected chi connectivity index (χ0v) is 23.2. The summed E-state index contributed by atoms with van der Waals surface area (Å²) in [5, 5.41) is 4.20. The standard InChI is InChI=1S/C33H30N4O2S/c1-3-38-26-17-13-24(14-18-26)36-22-8-11-29(36)32-31(28-10-6-7-21-34-28)35-33(40)37(32)25-15-19-27(20-16-25)39-30-12-5-4-9-23(30)2/h4-22,31-32H,3H2,1-2H3,(H,35,40)/t31-,32+/m1/s1. The number of para-hydroxylation sites is 1. The number of nitrogens with one attached hydrogen (secondary N) is 1. The van der Waals surface area contributed by atoms with E-state index in [1.54, 1.807) is 0 Å². The molecule has 0 saturated carbocycles. The smallest absolute Gasteiger partial charge is 0.174 e. The molecule has 0 spiro atoms. The van der Waals surface area contributed by atoms with Crippen LogP contribution in [0.3, 0.4) is 0 Å². The first-order chi connectivity index (χ1) is 19.6. The molecule has 6 nitrogen and oxygen atoms in total. The molecule has 1 N–H and O–H groups in total. The van der Waals surface area contributed by atoms with Gasteiger partial charge in [-0.3, -0.25) is 4.98 Å². The van der Waals surface area contributed by atoms with Gasteiger partial charge in [-0.1, -0.05) is 24.3 Å². The Morgan fingerprint density at radius 2 is 1.55 bits per heavy atom. The molecule has 1 aliphatic heterocycles. The van der Waals surface area contributed by atoms with Crippen LogP contribution < -0.4 is 19.7 Å². The van der Waals surface area contributed by atoms with Crippen LogP contribution in [0, 0.1) is 6.92 Å². The molecule has 1 saturated heterocycles. The summed E-state index contributed by atoms with van der Waals surface area (Å²) in [4.78, 5) is 6.87. The van der Waals surface area contributed by atoms with Crippen LogP contribution in [0.4, 0.5) is 5.69 Å². The van der Waals surface area contributed by atoms with Gasteiger partial charge in [0.2, 0.25) is 0 Å². The SMILES string of the molecule is CCOc1ccc(-n2cccc2[C@H]2[C@@H](c3ccccn3)NC(=S)N2c2ccc(Oc3ccccc3C)cc2)cc1. The van der Waals surface area contributed by atoms with Crippen molar-refractivity contribution in [1.29, 1.82) is 0 Å². The summed E-state index contributed by atoms with van der Waals surface area (Å²) in [7, 11) is 0. The van der Waals surface area contributed by atoms with E-state index in [2.05, 4.69) is 57.4 Å². The minimum atomic E-state index is -0.146. The van der Waals surface area contributed by atoms with Crippen molar-refractivity contribution < 1.29 is 9.47 Å². The monoisotopic (exact) mass is 546 g/mol. The van der Waals surface area contributed by atoms with Gasteiger partial charge in [0.1, 0.15) is 23.3 Å². The molecule has 40 heavy (non-hydrogen) atoms. The van der Waals surface area contributed by atoms with E-state index in [4.69, 9.17) is 26.7 Å². The molecule has 3 aromatic carbocycles. The Kier molecular flexibility index (Phi) is 7.21. The van der Waals surface area contributed by atoms with Gasteiger partial charge in [-0.2, -0.15) is 0 Å². The van der Waals surface area contributed by atoms with Crippen LogP contribution >= 0.6 is 12.2 Å². The second-order valence-electron chi connectivity index (χ2n) is 9.59. The lowest BCUT2D eigenvalue weighted by Gasteiger charge is -2.29. The zero-order valence-electron chi connectivity index (χ0n) is 22.4. The van der Waals surface area contributed by atoms with E-state index in [-0.39, 0.29) is 12.1 Å². The fourth-order valence-electron chi connectivity index (χ4n) is 5.15. The highest BCUT2D eigenvalue weighted by atomic mass is 32.1. The van der Waals surface area contributed by atoms with Crippen molar-refractivity contribution in [2.45, 2.75) is 25.9 Å². The number of ether oxygens (including phenoxy) is 2. The normalized spacial score (nSPS) is 16.6. The summed E-state index contributed by atoms with van der Waals surface area (Å²) in [5.74, 6) is 2.46. The number of benzene rings is 3. The van der Waals surface area contributed by atoms with Crippen LogP contribution in [0.2, 0.25) is 0 Å². The average molecular weight is 547 g/mol. The third kappa shape index (κ3) is 5.03. The maximum atomic E-state index is 6.16. The van der Waals surface area contributed by atoms with Gasteiger partial charge in [0, 0.05) is 29.5 Å². The Morgan fingerprint density at radius 1 is 0.825 bits per heavy atom. The molecule has 0 radical (unpaired) electrons. The summed E-state index contributed by atoms with van der Waals surface area (Å²) in [5.41, 5.74) is 5.12. The van der Waals surface area contributed by atoms with Gasteiger partial charge in [0.25, 0.3) is 0 Å². The Labute approximate surface area is 239 Å². The third-order valence-corrected chi connectivity index (χ3v) is 7.36. The van der Waals surface area contributed by atoms with Gasteiger partial charge >= 0.3 is 0 Å². The predicted molar refractivity (Wildman–Crippen MR) is 163 cm³/mol. The predicted octanol–water partition coefficient (Wildman–Crippen LogP) is 7.55. The molecule has 0 bridgehead atoms. The number of nitrogens with zero attached hydrogens (tertiary/aromatic N) is 3. The minimum absolute atomic E-state index is 0.145. The van der Waals surface area contributed by atoms with E-state index in [0.29, 0.717) is 11.7 Å². The molecule has 0 aliphatic carbocycles. The molecule has 1 aliphatic rings. The number of pyridine rings is 1. The van der Waals surface area contributed by atoms with E-state index < -0.39 is 0 Å². The van der Waals surface area contributed by atoms with Gasteiger partial charge < -0.3 is 24.3 Å². The number of anilines is 1. The molecule has 200 valence electrons. The van der Waals surface area contributed by atoms with Crippen LogP contribution in [0.5, 0.6) is 17.2 Å². The fraction of sp³-hybridized carbons (Fsp3) is 0.152. The van der Waals surface area contributed by atoms with Crippen molar-refractivity contribution in [2.24, 2.45) is 0 Å². The van der Waals surface area contributed by atoms with Crippen molar-refractivity contribution in [1.82, 2.24) is 14.9 Å². The molecule has 2 atom stereocenters. The number of rotatable bonds is 8. The Balaban J connectivity index is 1.38. The van der Waals surface area contributed by atoms with E-state index in [1.165, 1.54) is 0 Å². The lowest BCUT2D eigenvalue weighted by atomic mass is 10.0. The second kappa shape index (κ2) is 11.2. The summed E-state index contributed by atoms with van der Waals surface area (Å²) in [6.07, 6.45) is 3.90. The highest BCUT2D eigenvalue weighted by Crippen LogP contribution is 2.42. The highest BCUT2D eigenvalue weighted by Gasteiger charge is 2.42. The lowest BCUT2D eigenvalue weighted by Crippen LogP contribution is -2.30.